The average molecular weight is 300 g/mol. The second kappa shape index (κ2) is 5.74. The van der Waals surface area contributed by atoms with Gasteiger partial charge in [0.15, 0.2) is 0 Å². The van der Waals surface area contributed by atoms with Crippen LogP contribution < -0.4 is 14.8 Å². The van der Waals surface area contributed by atoms with Gasteiger partial charge >= 0.3 is 0 Å². The molecule has 1 aliphatic rings. The summed E-state index contributed by atoms with van der Waals surface area (Å²) < 4.78 is 11.8. The summed E-state index contributed by atoms with van der Waals surface area (Å²) >= 11 is 3.63. The number of hydrogen-bond donors (Lipinski definition) is 1. The monoisotopic (exact) mass is 299 g/mol. The zero-order valence-electron chi connectivity index (χ0n) is 10.3. The highest BCUT2D eigenvalue weighted by Crippen LogP contribution is 2.40. The number of hydrogen-bond acceptors (Lipinski definition) is 3. The minimum absolute atomic E-state index is 0.562. The molecule has 0 saturated carbocycles. The number of halogens is 1. The van der Waals surface area contributed by atoms with Crippen molar-refractivity contribution in [3.63, 3.8) is 0 Å². The maximum Gasteiger partial charge on any atom is 0.127 e. The van der Waals surface area contributed by atoms with Gasteiger partial charge in [-0.1, -0.05) is 15.9 Å². The van der Waals surface area contributed by atoms with Crippen molar-refractivity contribution in [1.82, 2.24) is 5.32 Å². The molecule has 0 unspecified atom stereocenters. The maximum absolute atomic E-state index is 5.49. The Morgan fingerprint density at radius 1 is 1.18 bits per heavy atom. The van der Waals surface area contributed by atoms with Crippen molar-refractivity contribution in [2.45, 2.75) is 18.8 Å². The van der Waals surface area contributed by atoms with Gasteiger partial charge in [0.2, 0.25) is 0 Å². The van der Waals surface area contributed by atoms with Crippen LogP contribution in [0.5, 0.6) is 11.5 Å². The number of rotatable bonds is 3. The summed E-state index contributed by atoms with van der Waals surface area (Å²) in [5.74, 6) is 2.31. The van der Waals surface area contributed by atoms with E-state index in [9.17, 15) is 0 Å². The number of nitrogens with one attached hydrogen (secondary N) is 1. The van der Waals surface area contributed by atoms with Crippen molar-refractivity contribution >= 4 is 15.9 Å². The first-order valence-corrected chi connectivity index (χ1v) is 6.67. The number of ether oxygens (including phenoxy) is 2. The predicted octanol–water partition coefficient (Wildman–Crippen LogP) is 2.93. The topological polar surface area (TPSA) is 30.5 Å². The van der Waals surface area contributed by atoms with Crippen LogP contribution in [-0.4, -0.2) is 27.3 Å². The van der Waals surface area contributed by atoms with E-state index < -0.39 is 0 Å². The highest BCUT2D eigenvalue weighted by molar-refractivity contribution is 9.10. The Labute approximate surface area is 111 Å². The van der Waals surface area contributed by atoms with E-state index in [2.05, 4.69) is 21.2 Å². The second-order valence-corrected chi connectivity index (χ2v) is 5.10. The molecule has 0 bridgehead atoms. The first-order valence-electron chi connectivity index (χ1n) is 5.88. The molecule has 1 aliphatic heterocycles. The molecule has 94 valence electrons. The normalized spacial score (nSPS) is 16.9. The largest absolute Gasteiger partial charge is 0.497 e. The van der Waals surface area contributed by atoms with Gasteiger partial charge in [-0.2, -0.15) is 0 Å². The summed E-state index contributed by atoms with van der Waals surface area (Å²) in [7, 11) is 3.39. The highest BCUT2D eigenvalue weighted by atomic mass is 79.9. The van der Waals surface area contributed by atoms with E-state index in [4.69, 9.17) is 9.47 Å². The molecule has 1 N–H and O–H groups in total. The molecule has 2 rings (SSSR count). The zero-order chi connectivity index (χ0) is 12.3. The molecule has 0 amide bonds. The van der Waals surface area contributed by atoms with Crippen LogP contribution >= 0.6 is 15.9 Å². The molecule has 0 aliphatic carbocycles. The van der Waals surface area contributed by atoms with Gasteiger partial charge in [-0.25, -0.2) is 0 Å². The lowest BCUT2D eigenvalue weighted by molar-refractivity contribution is 0.378. The maximum atomic E-state index is 5.49. The van der Waals surface area contributed by atoms with Crippen LogP contribution in [0.3, 0.4) is 0 Å². The Balaban J connectivity index is 2.36. The predicted molar refractivity (Wildman–Crippen MR) is 72.1 cm³/mol. The van der Waals surface area contributed by atoms with Gasteiger partial charge in [0, 0.05) is 16.1 Å². The lowest BCUT2D eigenvalue weighted by Crippen LogP contribution is -2.27. The summed E-state index contributed by atoms with van der Waals surface area (Å²) in [6.07, 6.45) is 2.31. The smallest absolute Gasteiger partial charge is 0.127 e. The fourth-order valence-electron chi connectivity index (χ4n) is 2.36. The third kappa shape index (κ3) is 2.75. The lowest BCUT2D eigenvalue weighted by Gasteiger charge is -2.26. The fraction of sp³-hybridized carbons (Fsp3) is 0.538. The second-order valence-electron chi connectivity index (χ2n) is 4.25. The number of benzene rings is 1. The highest BCUT2D eigenvalue weighted by Gasteiger charge is 2.22. The molecule has 1 aromatic carbocycles. The van der Waals surface area contributed by atoms with E-state index in [1.54, 1.807) is 14.2 Å². The van der Waals surface area contributed by atoms with Gasteiger partial charge in [0.05, 0.1) is 14.2 Å². The van der Waals surface area contributed by atoms with Crippen molar-refractivity contribution in [3.05, 3.63) is 22.2 Å². The van der Waals surface area contributed by atoms with Crippen LogP contribution in [0.2, 0.25) is 0 Å². The van der Waals surface area contributed by atoms with Gasteiger partial charge in [-0.05, 0) is 37.9 Å². The van der Waals surface area contributed by atoms with E-state index in [0.717, 1.165) is 41.9 Å². The van der Waals surface area contributed by atoms with Crippen LogP contribution in [-0.2, 0) is 0 Å². The molecule has 1 heterocycles. The molecule has 1 aromatic rings. The van der Waals surface area contributed by atoms with E-state index in [-0.39, 0.29) is 0 Å². The molecule has 4 heteroatoms. The Morgan fingerprint density at radius 3 is 2.47 bits per heavy atom. The molecule has 17 heavy (non-hydrogen) atoms. The quantitative estimate of drug-likeness (QED) is 0.931. The zero-order valence-corrected chi connectivity index (χ0v) is 11.8. The van der Waals surface area contributed by atoms with Gasteiger partial charge in [-0.15, -0.1) is 0 Å². The number of piperidine rings is 1. The molecular formula is C13H18BrNO2. The van der Waals surface area contributed by atoms with Crippen molar-refractivity contribution < 1.29 is 9.47 Å². The lowest BCUT2D eigenvalue weighted by atomic mass is 9.89. The molecule has 1 fully saturated rings. The van der Waals surface area contributed by atoms with Crippen LogP contribution in [0, 0.1) is 0 Å². The minimum Gasteiger partial charge on any atom is -0.497 e. The summed E-state index contributed by atoms with van der Waals surface area (Å²) in [4.78, 5) is 0. The summed E-state index contributed by atoms with van der Waals surface area (Å²) in [5, 5.41) is 3.38. The van der Waals surface area contributed by atoms with Gasteiger partial charge in [0.1, 0.15) is 11.5 Å². The van der Waals surface area contributed by atoms with Crippen molar-refractivity contribution in [2.24, 2.45) is 0 Å². The molecule has 1 saturated heterocycles. The summed E-state index contributed by atoms with van der Waals surface area (Å²) in [5.41, 5.74) is 1.27. The van der Waals surface area contributed by atoms with Crippen LogP contribution in [0.15, 0.2) is 16.6 Å². The number of methoxy groups -OCH3 is 2. The van der Waals surface area contributed by atoms with Gasteiger partial charge in [0.25, 0.3) is 0 Å². The molecule has 0 spiro atoms. The molecule has 0 aromatic heterocycles. The Hall–Kier alpha value is -0.740. The van der Waals surface area contributed by atoms with Crippen molar-refractivity contribution in [3.8, 4) is 11.5 Å². The van der Waals surface area contributed by atoms with Crippen LogP contribution in [0.4, 0.5) is 0 Å². The Morgan fingerprint density at radius 2 is 1.88 bits per heavy atom. The van der Waals surface area contributed by atoms with Gasteiger partial charge < -0.3 is 14.8 Å². The van der Waals surface area contributed by atoms with Crippen LogP contribution in [0.1, 0.15) is 24.3 Å². The van der Waals surface area contributed by atoms with E-state index in [0.29, 0.717) is 5.92 Å². The SMILES string of the molecule is COc1cc(Br)c(C2CCNCC2)c(OC)c1. The molecule has 0 radical (unpaired) electrons. The van der Waals surface area contributed by atoms with Gasteiger partial charge in [-0.3, -0.25) is 0 Å². The first kappa shape index (κ1) is 12.7. The van der Waals surface area contributed by atoms with E-state index in [1.807, 2.05) is 12.1 Å². The molecule has 3 nitrogen and oxygen atoms in total. The van der Waals surface area contributed by atoms with E-state index >= 15 is 0 Å². The molecular weight excluding hydrogens is 282 g/mol. The first-order chi connectivity index (χ1) is 8.26. The fourth-order valence-corrected chi connectivity index (χ4v) is 3.11. The minimum atomic E-state index is 0.562. The molecule has 0 atom stereocenters. The summed E-state index contributed by atoms with van der Waals surface area (Å²) in [6, 6.07) is 3.97. The average Bonchev–Trinajstić information content (AvgIpc) is 2.38. The van der Waals surface area contributed by atoms with Crippen molar-refractivity contribution in [1.29, 1.82) is 0 Å². The Kier molecular flexibility index (Phi) is 4.29. The van der Waals surface area contributed by atoms with Crippen molar-refractivity contribution in [2.75, 3.05) is 27.3 Å². The third-order valence-electron chi connectivity index (χ3n) is 3.27. The Bertz CT molecular complexity index is 389. The third-order valence-corrected chi connectivity index (χ3v) is 3.92. The standard InChI is InChI=1S/C13H18BrNO2/c1-16-10-7-11(14)13(12(8-10)17-2)9-3-5-15-6-4-9/h7-9,15H,3-6H2,1-2H3. The summed E-state index contributed by atoms with van der Waals surface area (Å²) in [6.45, 7) is 2.15. The van der Waals surface area contributed by atoms with Crippen LogP contribution in [0.25, 0.3) is 0 Å². The van der Waals surface area contributed by atoms with E-state index in [1.165, 1.54) is 5.56 Å².